The van der Waals surface area contributed by atoms with Crippen molar-refractivity contribution in [2.24, 2.45) is 0 Å². The minimum atomic E-state index is -4.25. The lowest BCUT2D eigenvalue weighted by Crippen LogP contribution is -2.17. The Morgan fingerprint density at radius 1 is 1.44 bits per heavy atom. The van der Waals surface area contributed by atoms with E-state index >= 15 is 0 Å². The molecule has 0 unspecified atom stereocenters. The van der Waals surface area contributed by atoms with E-state index in [4.69, 9.17) is 0 Å². The summed E-state index contributed by atoms with van der Waals surface area (Å²) in [7, 11) is 0. The zero-order valence-corrected chi connectivity index (χ0v) is 9.96. The van der Waals surface area contributed by atoms with Gasteiger partial charge in [-0.05, 0) is 6.42 Å². The first-order chi connectivity index (χ1) is 7.51. The molecule has 0 radical (unpaired) electrons. The Bertz CT molecular complexity index is 316. The quantitative estimate of drug-likeness (QED) is 0.597. The summed E-state index contributed by atoms with van der Waals surface area (Å²) in [4.78, 5) is 0. The van der Waals surface area contributed by atoms with E-state index in [2.05, 4.69) is 31.0 Å². The highest BCUT2D eigenvalue weighted by Crippen LogP contribution is 2.14. The van der Waals surface area contributed by atoms with E-state index in [9.17, 15) is 13.2 Å². The predicted octanol–water partition coefficient (Wildman–Crippen LogP) is 2.14. The normalized spacial score (nSPS) is 12.0. The average Bonchev–Trinajstić information content (AvgIpc) is 2.63. The number of ether oxygens (including phenoxy) is 1. The summed E-state index contributed by atoms with van der Waals surface area (Å²) in [5.74, 6) is 0. The van der Waals surface area contributed by atoms with Crippen molar-refractivity contribution in [1.82, 2.24) is 15.0 Å². The van der Waals surface area contributed by atoms with Crippen LogP contribution in [0.4, 0.5) is 13.2 Å². The van der Waals surface area contributed by atoms with E-state index in [-0.39, 0.29) is 6.61 Å². The molecule has 0 aromatic carbocycles. The van der Waals surface area contributed by atoms with Crippen LogP contribution in [-0.2, 0) is 16.6 Å². The van der Waals surface area contributed by atoms with Crippen molar-refractivity contribution in [2.75, 3.05) is 13.2 Å². The van der Waals surface area contributed by atoms with E-state index in [1.807, 2.05) is 0 Å². The molecule has 0 aliphatic rings. The molecule has 16 heavy (non-hydrogen) atoms. The number of aromatic nitrogens is 3. The zero-order valence-electron chi connectivity index (χ0n) is 8.37. The van der Waals surface area contributed by atoms with Crippen LogP contribution in [0, 0.1) is 0 Å². The van der Waals surface area contributed by atoms with Crippen molar-refractivity contribution < 1.29 is 17.9 Å². The Labute approximate surface area is 98.9 Å². The monoisotopic (exact) mass is 301 g/mol. The van der Waals surface area contributed by atoms with Crippen LogP contribution in [0.5, 0.6) is 0 Å². The van der Waals surface area contributed by atoms with E-state index < -0.39 is 12.8 Å². The van der Waals surface area contributed by atoms with Gasteiger partial charge < -0.3 is 4.74 Å². The molecule has 0 aliphatic heterocycles. The predicted molar refractivity (Wildman–Crippen MR) is 54.1 cm³/mol. The van der Waals surface area contributed by atoms with Gasteiger partial charge in [0.1, 0.15) is 6.61 Å². The summed E-state index contributed by atoms with van der Waals surface area (Å²) in [5.41, 5.74) is 0.788. The summed E-state index contributed by atoms with van der Waals surface area (Å²) in [6.07, 6.45) is -2.05. The van der Waals surface area contributed by atoms with Crippen LogP contribution in [0.25, 0.3) is 0 Å². The highest BCUT2D eigenvalue weighted by Gasteiger charge is 2.27. The third kappa shape index (κ3) is 5.45. The molecule has 0 amide bonds. The summed E-state index contributed by atoms with van der Waals surface area (Å²) in [6, 6.07) is 0. The Hall–Kier alpha value is -0.630. The minimum Gasteiger partial charge on any atom is -0.372 e. The molecule has 0 saturated carbocycles. The maximum absolute atomic E-state index is 11.7. The third-order valence-corrected chi connectivity index (χ3v) is 2.24. The van der Waals surface area contributed by atoms with Crippen LogP contribution in [0.3, 0.4) is 0 Å². The van der Waals surface area contributed by atoms with Crippen LogP contribution >= 0.6 is 15.9 Å². The van der Waals surface area contributed by atoms with Gasteiger partial charge in [0.15, 0.2) is 0 Å². The van der Waals surface area contributed by atoms with Gasteiger partial charge in [-0.25, -0.2) is 0 Å². The largest absolute Gasteiger partial charge is 0.411 e. The second-order valence-electron chi connectivity index (χ2n) is 3.13. The molecule has 8 heteroatoms. The fraction of sp³-hybridized carbons (Fsp3) is 0.750. The Morgan fingerprint density at radius 3 is 2.75 bits per heavy atom. The SMILES string of the molecule is FC(F)(F)COCCCn1cc(CBr)nn1. The van der Waals surface area contributed by atoms with Gasteiger partial charge >= 0.3 is 6.18 Å². The molecule has 0 N–H and O–H groups in total. The number of alkyl halides is 4. The van der Waals surface area contributed by atoms with Gasteiger partial charge in [-0.15, -0.1) is 5.10 Å². The molecule has 1 rings (SSSR count). The Morgan fingerprint density at radius 2 is 2.19 bits per heavy atom. The maximum atomic E-state index is 11.7. The van der Waals surface area contributed by atoms with Crippen LogP contribution < -0.4 is 0 Å². The first-order valence-corrected chi connectivity index (χ1v) is 5.73. The van der Waals surface area contributed by atoms with Gasteiger partial charge in [0.25, 0.3) is 0 Å². The van der Waals surface area contributed by atoms with Gasteiger partial charge in [0, 0.05) is 24.7 Å². The number of hydrogen-bond acceptors (Lipinski definition) is 3. The van der Waals surface area contributed by atoms with Crippen molar-refractivity contribution >= 4 is 15.9 Å². The number of halogens is 4. The molecule has 0 saturated heterocycles. The van der Waals surface area contributed by atoms with Crippen molar-refractivity contribution in [2.45, 2.75) is 24.5 Å². The van der Waals surface area contributed by atoms with E-state index in [0.29, 0.717) is 18.3 Å². The fourth-order valence-electron chi connectivity index (χ4n) is 1.03. The van der Waals surface area contributed by atoms with E-state index in [1.54, 1.807) is 10.9 Å². The molecule has 4 nitrogen and oxygen atoms in total. The first-order valence-electron chi connectivity index (χ1n) is 4.61. The molecule has 1 aromatic heterocycles. The fourth-order valence-corrected chi connectivity index (χ4v) is 1.28. The highest BCUT2D eigenvalue weighted by atomic mass is 79.9. The van der Waals surface area contributed by atoms with Crippen LogP contribution in [0.15, 0.2) is 6.20 Å². The molecule has 1 heterocycles. The summed E-state index contributed by atoms with van der Waals surface area (Å²) in [6.45, 7) is -0.641. The summed E-state index contributed by atoms with van der Waals surface area (Å²) < 4.78 is 41.1. The zero-order chi connectivity index (χ0) is 12.0. The molecule has 0 spiro atoms. The molecule has 0 fully saturated rings. The Kier molecular flexibility index (Phi) is 5.20. The van der Waals surface area contributed by atoms with Crippen LogP contribution in [0.2, 0.25) is 0 Å². The minimum absolute atomic E-state index is 0.0585. The lowest BCUT2D eigenvalue weighted by molar-refractivity contribution is -0.174. The summed E-state index contributed by atoms with van der Waals surface area (Å²) in [5, 5.41) is 8.22. The van der Waals surface area contributed by atoms with Crippen molar-refractivity contribution in [1.29, 1.82) is 0 Å². The van der Waals surface area contributed by atoms with Crippen molar-refractivity contribution in [3.05, 3.63) is 11.9 Å². The Balaban J connectivity index is 2.11. The smallest absolute Gasteiger partial charge is 0.372 e. The van der Waals surface area contributed by atoms with Crippen molar-refractivity contribution in [3.8, 4) is 0 Å². The molecule has 1 aromatic rings. The third-order valence-electron chi connectivity index (χ3n) is 1.66. The standard InChI is InChI=1S/C8H11BrF3N3O/c9-4-7-5-15(14-13-7)2-1-3-16-6-8(10,11)12/h5H,1-4,6H2. The first kappa shape index (κ1) is 13.4. The molecule has 0 atom stereocenters. The molecular formula is C8H11BrF3N3O. The molecular weight excluding hydrogens is 291 g/mol. The molecule has 0 aliphatic carbocycles. The number of nitrogens with zero attached hydrogens (tertiary/aromatic N) is 3. The van der Waals surface area contributed by atoms with E-state index in [1.165, 1.54) is 0 Å². The van der Waals surface area contributed by atoms with Gasteiger partial charge in [-0.2, -0.15) is 13.2 Å². The molecule has 0 bridgehead atoms. The summed E-state index contributed by atoms with van der Waals surface area (Å²) >= 11 is 3.22. The van der Waals surface area contributed by atoms with Crippen molar-refractivity contribution in [3.63, 3.8) is 0 Å². The van der Waals surface area contributed by atoms with Gasteiger partial charge in [-0.3, -0.25) is 4.68 Å². The number of aryl methyl sites for hydroxylation is 1. The van der Waals surface area contributed by atoms with E-state index in [0.717, 1.165) is 5.69 Å². The van der Waals surface area contributed by atoms with Crippen LogP contribution in [-0.4, -0.2) is 34.4 Å². The van der Waals surface area contributed by atoms with Gasteiger partial charge in [0.2, 0.25) is 0 Å². The highest BCUT2D eigenvalue weighted by molar-refractivity contribution is 9.08. The maximum Gasteiger partial charge on any atom is 0.411 e. The lowest BCUT2D eigenvalue weighted by Gasteiger charge is -2.06. The molecule has 92 valence electrons. The van der Waals surface area contributed by atoms with Gasteiger partial charge in [-0.1, -0.05) is 21.1 Å². The number of hydrogen-bond donors (Lipinski definition) is 0. The average molecular weight is 302 g/mol. The second kappa shape index (κ2) is 6.19. The second-order valence-corrected chi connectivity index (χ2v) is 3.69. The lowest BCUT2D eigenvalue weighted by atomic mass is 10.4. The van der Waals surface area contributed by atoms with Gasteiger partial charge in [0.05, 0.1) is 5.69 Å². The van der Waals surface area contributed by atoms with Crippen LogP contribution in [0.1, 0.15) is 12.1 Å². The topological polar surface area (TPSA) is 39.9 Å². The number of rotatable bonds is 6.